The van der Waals surface area contributed by atoms with Crippen LogP contribution in [0.15, 0.2) is 0 Å². The van der Waals surface area contributed by atoms with Crippen LogP contribution in [0.1, 0.15) is 0 Å². The molecule has 0 aliphatic carbocycles. The fourth-order valence-corrected chi connectivity index (χ4v) is 3.75. The van der Waals surface area contributed by atoms with Crippen molar-refractivity contribution in [1.29, 1.82) is 0 Å². The number of aliphatic hydroxyl groups is 10. The zero-order valence-corrected chi connectivity index (χ0v) is 16.7. The minimum atomic E-state index is -1.79. The second-order valence-corrected chi connectivity index (χ2v) is 7.88. The molecule has 3 aliphatic heterocycles. The molecular formula is C17H30O15. The lowest BCUT2D eigenvalue weighted by atomic mass is 9.97. The molecule has 1 unspecified atom stereocenters. The lowest BCUT2D eigenvalue weighted by molar-refractivity contribution is -0.360. The SMILES string of the molecule is OC[C@H]1O[C@H](O[C@H]2[C@H](O)[C@@H](O)[C@H](OC[C@H]3OC(O)[C@H](O)[C@@H]3O)O[C@@H]2CO)[C@H](O)[C@@H](O)[C@@H]1O. The maximum Gasteiger partial charge on any atom is 0.187 e. The topological polar surface area (TPSA) is 248 Å². The Bertz CT molecular complexity index is 592. The van der Waals surface area contributed by atoms with Crippen molar-refractivity contribution in [3.8, 4) is 0 Å². The molecule has 188 valence electrons. The van der Waals surface area contributed by atoms with Gasteiger partial charge in [0, 0.05) is 0 Å². The molecule has 10 N–H and O–H groups in total. The molecule has 0 bridgehead atoms. The molecule has 0 aromatic rings. The summed E-state index contributed by atoms with van der Waals surface area (Å²) >= 11 is 0. The van der Waals surface area contributed by atoms with Gasteiger partial charge in [-0.1, -0.05) is 0 Å². The van der Waals surface area contributed by atoms with Gasteiger partial charge in [-0.25, -0.2) is 0 Å². The lowest BCUT2D eigenvalue weighted by Crippen LogP contribution is -2.64. The molecule has 3 fully saturated rings. The summed E-state index contributed by atoms with van der Waals surface area (Å²) in [5.41, 5.74) is 0. The zero-order valence-electron chi connectivity index (χ0n) is 16.7. The minimum Gasteiger partial charge on any atom is -0.394 e. The molecule has 0 aromatic carbocycles. The van der Waals surface area contributed by atoms with Crippen LogP contribution in [0.2, 0.25) is 0 Å². The molecule has 0 radical (unpaired) electrons. The van der Waals surface area contributed by atoms with Gasteiger partial charge in [0.15, 0.2) is 18.9 Å². The second kappa shape index (κ2) is 10.8. The first-order valence-electron chi connectivity index (χ1n) is 10.00. The summed E-state index contributed by atoms with van der Waals surface area (Å²) in [6.07, 6.45) is -21.8. The van der Waals surface area contributed by atoms with Crippen LogP contribution < -0.4 is 0 Å². The fraction of sp³-hybridized carbons (Fsp3) is 1.00. The van der Waals surface area contributed by atoms with Gasteiger partial charge in [0.2, 0.25) is 0 Å². The van der Waals surface area contributed by atoms with Crippen molar-refractivity contribution in [3.05, 3.63) is 0 Å². The Balaban J connectivity index is 1.62. The number of hydrogen-bond donors (Lipinski definition) is 10. The zero-order chi connectivity index (χ0) is 23.7. The number of rotatable bonds is 7. The molecule has 0 aromatic heterocycles. The first-order valence-corrected chi connectivity index (χ1v) is 10.00. The van der Waals surface area contributed by atoms with Crippen molar-refractivity contribution in [2.24, 2.45) is 0 Å². The van der Waals surface area contributed by atoms with Crippen molar-refractivity contribution in [2.45, 2.75) is 86.0 Å². The Morgan fingerprint density at radius 2 is 1.09 bits per heavy atom. The average Bonchev–Trinajstić information content (AvgIpc) is 3.02. The Morgan fingerprint density at radius 3 is 1.66 bits per heavy atom. The second-order valence-electron chi connectivity index (χ2n) is 7.88. The van der Waals surface area contributed by atoms with Crippen molar-refractivity contribution in [3.63, 3.8) is 0 Å². The summed E-state index contributed by atoms with van der Waals surface area (Å²) in [6, 6.07) is 0. The molecule has 0 amide bonds. The van der Waals surface area contributed by atoms with E-state index < -0.39 is 106 Å². The predicted molar refractivity (Wildman–Crippen MR) is 95.2 cm³/mol. The van der Waals surface area contributed by atoms with E-state index in [9.17, 15) is 51.1 Å². The number of ether oxygens (including phenoxy) is 5. The van der Waals surface area contributed by atoms with Gasteiger partial charge in [-0.05, 0) is 0 Å². The molecule has 3 rings (SSSR count). The maximum absolute atomic E-state index is 10.5. The molecule has 15 nitrogen and oxygen atoms in total. The normalized spacial score (nSPS) is 52.3. The van der Waals surface area contributed by atoms with Crippen molar-refractivity contribution in [1.82, 2.24) is 0 Å². The van der Waals surface area contributed by atoms with Crippen LogP contribution in [-0.4, -0.2) is 157 Å². The average molecular weight is 474 g/mol. The molecule has 0 spiro atoms. The highest BCUT2D eigenvalue weighted by Gasteiger charge is 2.51. The lowest BCUT2D eigenvalue weighted by Gasteiger charge is -2.46. The Morgan fingerprint density at radius 1 is 0.531 bits per heavy atom. The summed E-state index contributed by atoms with van der Waals surface area (Å²) in [5, 5.41) is 98.2. The number of hydrogen-bond acceptors (Lipinski definition) is 15. The van der Waals surface area contributed by atoms with Gasteiger partial charge in [-0.15, -0.1) is 0 Å². The Labute approximate surface area is 181 Å². The monoisotopic (exact) mass is 474 g/mol. The predicted octanol–water partition coefficient (Wildman–Crippen LogP) is -6.93. The third-order valence-corrected chi connectivity index (χ3v) is 5.72. The summed E-state index contributed by atoms with van der Waals surface area (Å²) in [7, 11) is 0. The molecule has 14 atom stereocenters. The quantitative estimate of drug-likeness (QED) is 0.165. The van der Waals surface area contributed by atoms with E-state index >= 15 is 0 Å². The minimum absolute atomic E-state index is 0.458. The van der Waals surface area contributed by atoms with Crippen molar-refractivity contribution >= 4 is 0 Å². The van der Waals surface area contributed by atoms with Crippen LogP contribution in [0.25, 0.3) is 0 Å². The highest BCUT2D eigenvalue weighted by atomic mass is 16.7. The third kappa shape index (κ3) is 5.07. The molecule has 3 saturated heterocycles. The van der Waals surface area contributed by atoms with Gasteiger partial charge in [0.25, 0.3) is 0 Å². The molecule has 3 heterocycles. The third-order valence-electron chi connectivity index (χ3n) is 5.72. The summed E-state index contributed by atoms with van der Waals surface area (Å²) in [6.45, 7) is -1.92. The van der Waals surface area contributed by atoms with Crippen LogP contribution in [0.4, 0.5) is 0 Å². The van der Waals surface area contributed by atoms with Crippen molar-refractivity contribution < 1.29 is 74.7 Å². The van der Waals surface area contributed by atoms with Gasteiger partial charge >= 0.3 is 0 Å². The van der Waals surface area contributed by atoms with E-state index in [4.69, 9.17) is 23.7 Å². The van der Waals surface area contributed by atoms with E-state index in [0.717, 1.165) is 0 Å². The van der Waals surface area contributed by atoms with Gasteiger partial charge < -0.3 is 74.7 Å². The number of aliphatic hydroxyl groups excluding tert-OH is 10. The van der Waals surface area contributed by atoms with Gasteiger partial charge in [-0.2, -0.15) is 0 Å². The molecule has 32 heavy (non-hydrogen) atoms. The van der Waals surface area contributed by atoms with Gasteiger partial charge in [0.1, 0.15) is 67.1 Å². The first-order chi connectivity index (χ1) is 15.1. The molecule has 3 aliphatic rings. The van der Waals surface area contributed by atoms with Gasteiger partial charge in [0.05, 0.1) is 19.8 Å². The van der Waals surface area contributed by atoms with E-state index in [1.807, 2.05) is 0 Å². The Hall–Kier alpha value is -0.600. The van der Waals surface area contributed by atoms with Crippen LogP contribution >= 0.6 is 0 Å². The standard InChI is InChI=1S/C17H30O15/c18-1-4-7(20)9(22)12(25)17(30-4)32-14-5(2-19)31-16(13(26)10(14)23)28-3-6-8(21)11(24)15(27)29-6/h4-27H,1-3H2/t4-,5-,6-,7-,8-,9+,10-,11-,12-,13-,14-,15?,16-,17-/m1/s1. The van der Waals surface area contributed by atoms with E-state index in [1.165, 1.54) is 0 Å². The van der Waals surface area contributed by atoms with Crippen LogP contribution in [0, 0.1) is 0 Å². The van der Waals surface area contributed by atoms with Crippen LogP contribution in [-0.2, 0) is 23.7 Å². The fourth-order valence-electron chi connectivity index (χ4n) is 3.75. The first kappa shape index (κ1) is 26.0. The summed E-state index contributed by atoms with van der Waals surface area (Å²) < 4.78 is 26.2. The summed E-state index contributed by atoms with van der Waals surface area (Å²) in [5.74, 6) is 0. The van der Waals surface area contributed by atoms with Crippen LogP contribution in [0.3, 0.4) is 0 Å². The van der Waals surface area contributed by atoms with Gasteiger partial charge in [-0.3, -0.25) is 0 Å². The van der Waals surface area contributed by atoms with E-state index in [1.54, 1.807) is 0 Å². The van der Waals surface area contributed by atoms with E-state index in [0.29, 0.717) is 0 Å². The molecular weight excluding hydrogens is 444 g/mol. The molecule has 0 saturated carbocycles. The smallest absolute Gasteiger partial charge is 0.187 e. The van der Waals surface area contributed by atoms with Crippen LogP contribution in [0.5, 0.6) is 0 Å². The van der Waals surface area contributed by atoms with E-state index in [2.05, 4.69) is 0 Å². The highest BCUT2D eigenvalue weighted by molar-refractivity contribution is 4.94. The highest BCUT2D eigenvalue weighted by Crippen LogP contribution is 2.30. The van der Waals surface area contributed by atoms with E-state index in [-0.39, 0.29) is 0 Å². The molecule has 15 heteroatoms. The maximum atomic E-state index is 10.5. The summed E-state index contributed by atoms with van der Waals surface area (Å²) in [4.78, 5) is 0. The Kier molecular flexibility index (Phi) is 8.75. The van der Waals surface area contributed by atoms with Crippen molar-refractivity contribution in [2.75, 3.05) is 19.8 Å². The largest absolute Gasteiger partial charge is 0.394 e.